The van der Waals surface area contributed by atoms with Crippen LogP contribution in [0.3, 0.4) is 0 Å². The van der Waals surface area contributed by atoms with Crippen molar-refractivity contribution in [3.05, 3.63) is 35.4 Å². The zero-order chi connectivity index (χ0) is 12.0. The summed E-state index contributed by atoms with van der Waals surface area (Å²) in [7, 11) is 0. The lowest BCUT2D eigenvalue weighted by molar-refractivity contribution is -0.122. The third-order valence-corrected chi connectivity index (χ3v) is 2.94. The van der Waals surface area contributed by atoms with Gasteiger partial charge in [-0.15, -0.1) is 0 Å². The van der Waals surface area contributed by atoms with Crippen molar-refractivity contribution in [2.75, 3.05) is 0 Å². The highest BCUT2D eigenvalue weighted by Gasteiger charge is 2.47. The third-order valence-electron chi connectivity index (χ3n) is 2.94. The summed E-state index contributed by atoms with van der Waals surface area (Å²) in [6.45, 7) is 4.97. The second-order valence-electron chi connectivity index (χ2n) is 4.54. The molecular formula is C12H16N2O2. The van der Waals surface area contributed by atoms with Gasteiger partial charge in [0.2, 0.25) is 5.72 Å². The van der Waals surface area contributed by atoms with Crippen LogP contribution in [-0.4, -0.2) is 27.5 Å². The van der Waals surface area contributed by atoms with Crippen molar-refractivity contribution in [2.24, 2.45) is 4.99 Å². The summed E-state index contributed by atoms with van der Waals surface area (Å²) in [5.74, 6) is 0.509. The maximum Gasteiger partial charge on any atom is 0.203 e. The Morgan fingerprint density at radius 3 is 2.12 bits per heavy atom. The average molecular weight is 220 g/mol. The summed E-state index contributed by atoms with van der Waals surface area (Å²) in [4.78, 5) is 4.08. The molecule has 1 aliphatic heterocycles. The van der Waals surface area contributed by atoms with E-state index in [1.165, 1.54) is 13.8 Å². The van der Waals surface area contributed by atoms with Crippen LogP contribution in [0.5, 0.6) is 0 Å². The van der Waals surface area contributed by atoms with Crippen LogP contribution >= 0.6 is 0 Å². The van der Waals surface area contributed by atoms with Crippen molar-refractivity contribution < 1.29 is 10.2 Å². The first-order chi connectivity index (χ1) is 7.32. The van der Waals surface area contributed by atoms with Gasteiger partial charge in [-0.25, -0.2) is 4.99 Å². The van der Waals surface area contributed by atoms with Crippen LogP contribution in [0.4, 0.5) is 0 Å². The predicted octanol–water partition coefficient (Wildman–Crippen LogP) is 0.762. The molecule has 0 amide bonds. The number of amidine groups is 1. The fourth-order valence-electron chi connectivity index (χ4n) is 1.55. The van der Waals surface area contributed by atoms with Gasteiger partial charge in [0.25, 0.3) is 0 Å². The topological polar surface area (TPSA) is 64.9 Å². The summed E-state index contributed by atoms with van der Waals surface area (Å²) in [5.41, 5.74) is -0.940. The third kappa shape index (κ3) is 1.70. The Morgan fingerprint density at radius 2 is 1.69 bits per heavy atom. The van der Waals surface area contributed by atoms with Crippen molar-refractivity contribution in [1.82, 2.24) is 5.32 Å². The van der Waals surface area contributed by atoms with Crippen molar-refractivity contribution in [2.45, 2.75) is 32.2 Å². The average Bonchev–Trinajstić information content (AvgIpc) is 2.37. The molecule has 4 nitrogen and oxygen atoms in total. The molecule has 0 saturated heterocycles. The van der Waals surface area contributed by atoms with E-state index in [9.17, 15) is 10.2 Å². The monoisotopic (exact) mass is 220 g/mol. The molecule has 86 valence electrons. The summed E-state index contributed by atoms with van der Waals surface area (Å²) in [6, 6.07) is 7.72. The van der Waals surface area contributed by atoms with E-state index in [1.54, 1.807) is 0 Å². The van der Waals surface area contributed by atoms with E-state index in [-0.39, 0.29) is 0 Å². The van der Waals surface area contributed by atoms with E-state index in [1.807, 2.05) is 31.2 Å². The molecule has 0 aliphatic carbocycles. The van der Waals surface area contributed by atoms with Crippen LogP contribution in [-0.2, 0) is 0 Å². The first-order valence-corrected chi connectivity index (χ1v) is 5.22. The Bertz CT molecular complexity index is 433. The van der Waals surface area contributed by atoms with Gasteiger partial charge in [0.1, 0.15) is 5.84 Å². The van der Waals surface area contributed by atoms with Crippen LogP contribution in [0, 0.1) is 6.92 Å². The standard InChI is InChI=1S/C12H16N2O2/c1-8-4-6-9(7-5-8)10-13-11(2,15)12(3,16)14-10/h4-7,15-16H,1-3H3,(H,13,14). The molecule has 1 aliphatic rings. The predicted molar refractivity (Wildman–Crippen MR) is 62.1 cm³/mol. The lowest BCUT2D eigenvalue weighted by atomic mass is 10.1. The number of benzene rings is 1. The number of hydrogen-bond donors (Lipinski definition) is 3. The minimum absolute atomic E-state index is 0.509. The molecular weight excluding hydrogens is 204 g/mol. The molecule has 3 N–H and O–H groups in total. The van der Waals surface area contributed by atoms with E-state index < -0.39 is 11.4 Å². The maximum absolute atomic E-state index is 9.93. The Hall–Kier alpha value is -1.39. The highest BCUT2D eigenvalue weighted by molar-refractivity contribution is 6.00. The van der Waals surface area contributed by atoms with E-state index in [4.69, 9.17) is 0 Å². The van der Waals surface area contributed by atoms with Crippen molar-refractivity contribution in [3.63, 3.8) is 0 Å². The quantitative estimate of drug-likeness (QED) is 0.654. The van der Waals surface area contributed by atoms with E-state index in [2.05, 4.69) is 10.3 Å². The van der Waals surface area contributed by atoms with E-state index in [0.29, 0.717) is 5.84 Å². The Labute approximate surface area is 94.6 Å². The first kappa shape index (κ1) is 11.1. The van der Waals surface area contributed by atoms with Gasteiger partial charge in [-0.2, -0.15) is 0 Å². The molecule has 4 heteroatoms. The summed E-state index contributed by atoms with van der Waals surface area (Å²) in [5, 5.41) is 22.7. The van der Waals surface area contributed by atoms with Gasteiger partial charge in [-0.1, -0.05) is 29.8 Å². The number of aryl methyl sites for hydroxylation is 1. The van der Waals surface area contributed by atoms with Gasteiger partial charge in [0, 0.05) is 5.56 Å². The van der Waals surface area contributed by atoms with E-state index >= 15 is 0 Å². The molecule has 0 saturated carbocycles. The molecule has 0 bridgehead atoms. The Kier molecular flexibility index (Phi) is 2.29. The number of rotatable bonds is 1. The van der Waals surface area contributed by atoms with Gasteiger partial charge in [-0.3, -0.25) is 0 Å². The van der Waals surface area contributed by atoms with Gasteiger partial charge in [0.05, 0.1) is 0 Å². The molecule has 0 radical (unpaired) electrons. The number of aliphatic imine (C=N–C) groups is 1. The zero-order valence-electron chi connectivity index (χ0n) is 9.65. The minimum Gasteiger partial charge on any atom is -0.367 e. The van der Waals surface area contributed by atoms with Crippen molar-refractivity contribution in [1.29, 1.82) is 0 Å². The Morgan fingerprint density at radius 1 is 1.12 bits per heavy atom. The fraction of sp³-hybridized carbons (Fsp3) is 0.417. The number of nitrogens with zero attached hydrogens (tertiary/aromatic N) is 1. The SMILES string of the molecule is Cc1ccc(C2=NC(C)(O)C(C)(O)N2)cc1. The molecule has 0 spiro atoms. The van der Waals surface area contributed by atoms with Crippen LogP contribution < -0.4 is 5.32 Å². The molecule has 1 aromatic carbocycles. The van der Waals surface area contributed by atoms with Gasteiger partial charge >= 0.3 is 0 Å². The van der Waals surface area contributed by atoms with Crippen LogP contribution in [0.25, 0.3) is 0 Å². The number of nitrogens with one attached hydrogen (secondary N) is 1. The smallest absolute Gasteiger partial charge is 0.203 e. The van der Waals surface area contributed by atoms with Crippen LogP contribution in [0.2, 0.25) is 0 Å². The normalized spacial score (nSPS) is 33.4. The van der Waals surface area contributed by atoms with Crippen molar-refractivity contribution >= 4 is 5.84 Å². The van der Waals surface area contributed by atoms with E-state index in [0.717, 1.165) is 11.1 Å². The molecule has 2 atom stereocenters. The van der Waals surface area contributed by atoms with Gasteiger partial charge in [0.15, 0.2) is 5.72 Å². The zero-order valence-corrected chi connectivity index (χ0v) is 9.65. The summed E-state index contributed by atoms with van der Waals surface area (Å²) >= 11 is 0. The molecule has 2 unspecified atom stereocenters. The fourth-order valence-corrected chi connectivity index (χ4v) is 1.55. The minimum atomic E-state index is -1.51. The summed E-state index contributed by atoms with van der Waals surface area (Å²) < 4.78 is 0. The number of aliphatic hydroxyl groups is 2. The maximum atomic E-state index is 9.93. The number of hydrogen-bond acceptors (Lipinski definition) is 4. The lowest BCUT2D eigenvalue weighted by Gasteiger charge is -2.29. The molecule has 1 heterocycles. The molecule has 0 aromatic heterocycles. The second kappa shape index (κ2) is 3.30. The molecule has 1 aromatic rings. The molecule has 16 heavy (non-hydrogen) atoms. The lowest BCUT2D eigenvalue weighted by Crippen LogP contribution is -2.54. The van der Waals surface area contributed by atoms with Crippen LogP contribution in [0.1, 0.15) is 25.0 Å². The second-order valence-corrected chi connectivity index (χ2v) is 4.54. The largest absolute Gasteiger partial charge is 0.367 e. The van der Waals surface area contributed by atoms with Gasteiger partial charge in [-0.05, 0) is 20.8 Å². The first-order valence-electron chi connectivity index (χ1n) is 5.22. The molecule has 0 fully saturated rings. The molecule has 2 rings (SSSR count). The Balaban J connectivity index is 2.35. The van der Waals surface area contributed by atoms with Crippen LogP contribution in [0.15, 0.2) is 29.3 Å². The highest BCUT2D eigenvalue weighted by atomic mass is 16.4. The summed E-state index contributed by atoms with van der Waals surface area (Å²) in [6.07, 6.45) is 0. The highest BCUT2D eigenvalue weighted by Crippen LogP contribution is 2.27. The van der Waals surface area contributed by atoms with Gasteiger partial charge < -0.3 is 15.5 Å². The van der Waals surface area contributed by atoms with Crippen molar-refractivity contribution in [3.8, 4) is 0 Å².